The molecule has 1 N–H and O–H groups in total. The lowest BCUT2D eigenvalue weighted by molar-refractivity contribution is -0.138. The predicted molar refractivity (Wildman–Crippen MR) is 79.0 cm³/mol. The van der Waals surface area contributed by atoms with E-state index >= 15 is 0 Å². The van der Waals surface area contributed by atoms with Crippen LogP contribution in [0.25, 0.3) is 0 Å². The first-order valence-electron chi connectivity index (χ1n) is 5.57. The first-order valence-corrected chi connectivity index (χ1v) is 7.15. The van der Waals surface area contributed by atoms with E-state index in [1.54, 1.807) is 0 Å². The van der Waals surface area contributed by atoms with E-state index in [0.717, 1.165) is 6.07 Å². The maximum absolute atomic E-state index is 12.8. The van der Waals surface area contributed by atoms with Gasteiger partial charge in [0, 0.05) is 21.9 Å². The number of halogens is 5. The monoisotopic (exact) mass is 422 g/mol. The largest absolute Gasteiger partial charge is 0.417 e. The van der Waals surface area contributed by atoms with Crippen LogP contribution in [0.3, 0.4) is 0 Å². The van der Waals surface area contributed by atoms with E-state index in [9.17, 15) is 18.0 Å². The van der Waals surface area contributed by atoms with Gasteiger partial charge in [0.1, 0.15) is 4.60 Å². The quantitative estimate of drug-likeness (QED) is 0.699. The van der Waals surface area contributed by atoms with Gasteiger partial charge in [0.25, 0.3) is 5.91 Å². The molecular formula is C13H7Br2F3N2O. The molecule has 8 heteroatoms. The van der Waals surface area contributed by atoms with Crippen LogP contribution in [-0.4, -0.2) is 10.9 Å². The molecule has 110 valence electrons. The van der Waals surface area contributed by atoms with Gasteiger partial charge in [-0.1, -0.05) is 15.9 Å². The topological polar surface area (TPSA) is 42.0 Å². The summed E-state index contributed by atoms with van der Waals surface area (Å²) in [4.78, 5) is 15.8. The highest BCUT2D eigenvalue weighted by Gasteiger charge is 2.33. The Labute approximate surface area is 134 Å². The smallest absolute Gasteiger partial charge is 0.322 e. The highest BCUT2D eigenvalue weighted by molar-refractivity contribution is 9.10. The van der Waals surface area contributed by atoms with Gasteiger partial charge in [-0.25, -0.2) is 4.98 Å². The lowest BCUT2D eigenvalue weighted by Crippen LogP contribution is -2.13. The van der Waals surface area contributed by atoms with E-state index in [0.29, 0.717) is 4.60 Å². The molecule has 0 aliphatic heterocycles. The molecule has 0 atom stereocenters. The summed E-state index contributed by atoms with van der Waals surface area (Å²) in [6.45, 7) is 0. The third-order valence-corrected chi connectivity index (χ3v) is 3.64. The number of amides is 1. The van der Waals surface area contributed by atoms with Crippen LogP contribution in [-0.2, 0) is 6.18 Å². The van der Waals surface area contributed by atoms with Crippen LogP contribution in [0.2, 0.25) is 0 Å². The summed E-state index contributed by atoms with van der Waals surface area (Å²) >= 11 is 5.96. The van der Waals surface area contributed by atoms with Gasteiger partial charge in [0.2, 0.25) is 0 Å². The zero-order chi connectivity index (χ0) is 15.6. The normalized spacial score (nSPS) is 11.3. The molecular weight excluding hydrogens is 417 g/mol. The Kier molecular flexibility index (Phi) is 4.67. The molecule has 1 heterocycles. The Bertz CT molecular complexity index is 689. The molecule has 0 fully saturated rings. The fourth-order valence-electron chi connectivity index (χ4n) is 1.57. The standard InChI is InChI=1S/C13H7Br2F3N2O/c14-10-2-1-8(6-9(10)13(16,17)18)20-12(21)7-3-4-19-11(15)5-7/h1-6H,(H,20,21). The minimum atomic E-state index is -4.50. The molecule has 0 bridgehead atoms. The summed E-state index contributed by atoms with van der Waals surface area (Å²) in [5.74, 6) is -0.520. The maximum Gasteiger partial charge on any atom is 0.417 e. The number of alkyl halides is 3. The van der Waals surface area contributed by atoms with Crippen LogP contribution >= 0.6 is 31.9 Å². The number of anilines is 1. The number of rotatable bonds is 2. The molecule has 1 amide bonds. The van der Waals surface area contributed by atoms with Crippen LogP contribution in [0.15, 0.2) is 45.6 Å². The highest BCUT2D eigenvalue weighted by Crippen LogP contribution is 2.36. The Hall–Kier alpha value is -1.41. The molecule has 0 saturated carbocycles. The average molecular weight is 424 g/mol. The van der Waals surface area contributed by atoms with Crippen LogP contribution in [0.1, 0.15) is 15.9 Å². The molecule has 2 aromatic rings. The van der Waals surface area contributed by atoms with Crippen molar-refractivity contribution in [3.63, 3.8) is 0 Å². The summed E-state index contributed by atoms with van der Waals surface area (Å²) < 4.78 is 38.7. The van der Waals surface area contributed by atoms with Crippen molar-refractivity contribution in [3.05, 3.63) is 56.7 Å². The summed E-state index contributed by atoms with van der Waals surface area (Å²) in [5.41, 5.74) is -0.506. The first-order chi connectivity index (χ1) is 9.77. The van der Waals surface area contributed by atoms with Crippen molar-refractivity contribution >= 4 is 43.5 Å². The Morgan fingerprint density at radius 2 is 1.86 bits per heavy atom. The van der Waals surface area contributed by atoms with E-state index in [1.165, 1.54) is 30.5 Å². The second-order valence-electron chi connectivity index (χ2n) is 4.01. The minimum Gasteiger partial charge on any atom is -0.322 e. The van der Waals surface area contributed by atoms with Gasteiger partial charge in [-0.2, -0.15) is 13.2 Å². The molecule has 0 aliphatic rings. The van der Waals surface area contributed by atoms with E-state index in [4.69, 9.17) is 0 Å². The molecule has 2 rings (SSSR count). The number of aromatic nitrogens is 1. The first kappa shape index (κ1) is 16.0. The zero-order valence-corrected chi connectivity index (χ0v) is 13.4. The van der Waals surface area contributed by atoms with Crippen molar-refractivity contribution in [1.29, 1.82) is 0 Å². The van der Waals surface area contributed by atoms with Crippen LogP contribution in [0.4, 0.5) is 18.9 Å². The molecule has 0 spiro atoms. The van der Waals surface area contributed by atoms with Gasteiger partial charge >= 0.3 is 6.18 Å². The van der Waals surface area contributed by atoms with E-state index < -0.39 is 17.6 Å². The number of nitrogens with one attached hydrogen (secondary N) is 1. The third-order valence-electron chi connectivity index (χ3n) is 2.52. The van der Waals surface area contributed by atoms with E-state index in [2.05, 4.69) is 42.2 Å². The molecule has 3 nitrogen and oxygen atoms in total. The van der Waals surface area contributed by atoms with Gasteiger partial charge in [-0.15, -0.1) is 0 Å². The summed E-state index contributed by atoms with van der Waals surface area (Å²) in [7, 11) is 0. The van der Waals surface area contributed by atoms with Crippen molar-refractivity contribution in [2.75, 3.05) is 5.32 Å². The number of carbonyl (C=O) groups excluding carboxylic acids is 1. The number of hydrogen-bond donors (Lipinski definition) is 1. The minimum absolute atomic E-state index is 0.0588. The zero-order valence-electron chi connectivity index (χ0n) is 10.2. The second-order valence-corrected chi connectivity index (χ2v) is 5.68. The Morgan fingerprint density at radius 1 is 1.14 bits per heavy atom. The van der Waals surface area contributed by atoms with Crippen molar-refractivity contribution in [2.24, 2.45) is 0 Å². The fraction of sp³-hybridized carbons (Fsp3) is 0.0769. The van der Waals surface area contributed by atoms with Crippen molar-refractivity contribution in [3.8, 4) is 0 Å². The molecule has 0 aliphatic carbocycles. The molecule has 1 aromatic carbocycles. The highest BCUT2D eigenvalue weighted by atomic mass is 79.9. The Morgan fingerprint density at radius 3 is 2.48 bits per heavy atom. The summed E-state index contributed by atoms with van der Waals surface area (Å²) in [6, 6.07) is 6.43. The summed E-state index contributed by atoms with van der Waals surface area (Å²) in [5, 5.41) is 2.42. The SMILES string of the molecule is O=C(Nc1ccc(Br)c(C(F)(F)F)c1)c1ccnc(Br)c1. The fourth-order valence-corrected chi connectivity index (χ4v) is 2.40. The molecule has 0 unspecified atom stereocenters. The molecule has 1 aromatic heterocycles. The number of pyridine rings is 1. The van der Waals surface area contributed by atoms with Crippen LogP contribution in [0, 0.1) is 0 Å². The van der Waals surface area contributed by atoms with Gasteiger partial charge in [-0.3, -0.25) is 4.79 Å². The lowest BCUT2D eigenvalue weighted by Gasteiger charge is -2.12. The van der Waals surface area contributed by atoms with Gasteiger partial charge in [0.05, 0.1) is 5.56 Å². The van der Waals surface area contributed by atoms with Gasteiger partial charge < -0.3 is 5.32 Å². The van der Waals surface area contributed by atoms with Crippen molar-refractivity contribution in [2.45, 2.75) is 6.18 Å². The van der Waals surface area contributed by atoms with E-state index in [1.807, 2.05) is 0 Å². The number of hydrogen-bond acceptors (Lipinski definition) is 2. The number of carbonyl (C=O) groups is 1. The van der Waals surface area contributed by atoms with Crippen LogP contribution < -0.4 is 5.32 Å². The van der Waals surface area contributed by atoms with Crippen molar-refractivity contribution < 1.29 is 18.0 Å². The number of benzene rings is 1. The molecule has 0 radical (unpaired) electrons. The van der Waals surface area contributed by atoms with Crippen molar-refractivity contribution in [1.82, 2.24) is 4.98 Å². The average Bonchev–Trinajstić information content (AvgIpc) is 2.39. The van der Waals surface area contributed by atoms with E-state index in [-0.39, 0.29) is 15.7 Å². The van der Waals surface area contributed by atoms with Gasteiger partial charge in [0.15, 0.2) is 0 Å². The summed E-state index contributed by atoms with van der Waals surface area (Å²) in [6.07, 6.45) is -3.08. The second kappa shape index (κ2) is 6.15. The molecule has 0 saturated heterocycles. The lowest BCUT2D eigenvalue weighted by atomic mass is 10.2. The third kappa shape index (κ3) is 4.04. The van der Waals surface area contributed by atoms with Crippen LogP contribution in [0.5, 0.6) is 0 Å². The molecule has 21 heavy (non-hydrogen) atoms. The maximum atomic E-state index is 12.8. The predicted octanol–water partition coefficient (Wildman–Crippen LogP) is 4.88. The number of nitrogens with zero attached hydrogens (tertiary/aromatic N) is 1. The van der Waals surface area contributed by atoms with Gasteiger partial charge in [-0.05, 0) is 46.3 Å². The Balaban J connectivity index is 2.26.